The molecular formula is C11H22N2OS. The average Bonchev–Trinajstić information content (AvgIpc) is 3.00. The van der Waals surface area contributed by atoms with E-state index in [1.54, 1.807) is 0 Å². The van der Waals surface area contributed by atoms with Crippen molar-refractivity contribution in [1.29, 1.82) is 0 Å². The molecular weight excluding hydrogens is 208 g/mol. The molecule has 0 aliphatic heterocycles. The van der Waals surface area contributed by atoms with E-state index in [0.29, 0.717) is 12.5 Å². The third kappa shape index (κ3) is 7.68. The Morgan fingerprint density at radius 3 is 2.87 bits per heavy atom. The lowest BCUT2D eigenvalue weighted by Gasteiger charge is -2.05. The second-order valence-corrected chi connectivity index (χ2v) is 5.29. The van der Waals surface area contributed by atoms with Crippen LogP contribution in [0.25, 0.3) is 0 Å². The van der Waals surface area contributed by atoms with Gasteiger partial charge in [0.25, 0.3) is 0 Å². The first-order chi connectivity index (χ1) is 7.33. The van der Waals surface area contributed by atoms with E-state index in [1.165, 1.54) is 30.8 Å². The maximum atomic E-state index is 11.3. The molecule has 0 atom stereocenters. The predicted octanol–water partition coefficient (Wildman–Crippen LogP) is 1.39. The molecule has 0 unspecified atom stereocenters. The molecule has 3 nitrogen and oxygen atoms in total. The first-order valence-electron chi connectivity index (χ1n) is 5.90. The van der Waals surface area contributed by atoms with E-state index >= 15 is 0 Å². The summed E-state index contributed by atoms with van der Waals surface area (Å²) in [6, 6.07) is 0.499. The summed E-state index contributed by atoms with van der Waals surface area (Å²) in [7, 11) is 0. The van der Waals surface area contributed by atoms with Gasteiger partial charge in [0.15, 0.2) is 0 Å². The second-order valence-electron chi connectivity index (χ2n) is 3.89. The normalized spacial score (nSPS) is 15.3. The summed E-state index contributed by atoms with van der Waals surface area (Å²) in [5, 5.41) is 6.28. The molecule has 4 heteroatoms. The molecule has 0 aromatic carbocycles. The molecule has 1 aliphatic rings. The molecule has 2 N–H and O–H groups in total. The summed E-state index contributed by atoms with van der Waals surface area (Å²) in [5.41, 5.74) is 0. The van der Waals surface area contributed by atoms with E-state index in [4.69, 9.17) is 0 Å². The highest BCUT2D eigenvalue weighted by Crippen LogP contribution is 2.18. The lowest BCUT2D eigenvalue weighted by molar-refractivity contribution is -0.121. The summed E-state index contributed by atoms with van der Waals surface area (Å²) in [6.45, 7) is 4.03. The SMILES string of the molecule is CCSCCCNCCC(=O)NC1CC1. The van der Waals surface area contributed by atoms with Crippen LogP contribution in [0.3, 0.4) is 0 Å². The standard InChI is InChI=1S/C11H22N2OS/c1-2-15-9-3-7-12-8-6-11(14)13-10-4-5-10/h10,12H,2-9H2,1H3,(H,13,14). The van der Waals surface area contributed by atoms with Gasteiger partial charge in [0, 0.05) is 19.0 Å². The zero-order chi connectivity index (χ0) is 10.9. The first kappa shape index (κ1) is 12.8. The minimum atomic E-state index is 0.202. The molecule has 1 fully saturated rings. The van der Waals surface area contributed by atoms with Crippen molar-refractivity contribution < 1.29 is 4.79 Å². The van der Waals surface area contributed by atoms with Crippen LogP contribution in [0.15, 0.2) is 0 Å². The van der Waals surface area contributed by atoms with E-state index in [0.717, 1.165) is 13.1 Å². The van der Waals surface area contributed by atoms with Crippen LogP contribution < -0.4 is 10.6 Å². The molecule has 0 bridgehead atoms. The fourth-order valence-corrected chi connectivity index (χ4v) is 1.94. The van der Waals surface area contributed by atoms with Crippen LogP contribution in [0.1, 0.15) is 32.6 Å². The molecule has 1 aliphatic carbocycles. The van der Waals surface area contributed by atoms with E-state index in [1.807, 2.05) is 11.8 Å². The number of rotatable bonds is 9. The Kier molecular flexibility index (Phi) is 6.85. The van der Waals surface area contributed by atoms with Gasteiger partial charge in [-0.2, -0.15) is 11.8 Å². The summed E-state index contributed by atoms with van der Waals surface area (Å²) in [6.07, 6.45) is 4.17. The van der Waals surface area contributed by atoms with Crippen molar-refractivity contribution in [2.24, 2.45) is 0 Å². The van der Waals surface area contributed by atoms with Gasteiger partial charge in [0.05, 0.1) is 0 Å². The van der Waals surface area contributed by atoms with Crippen LogP contribution in [0.5, 0.6) is 0 Å². The van der Waals surface area contributed by atoms with Crippen LogP contribution in [0.4, 0.5) is 0 Å². The van der Waals surface area contributed by atoms with Crippen LogP contribution in [-0.4, -0.2) is 36.5 Å². The van der Waals surface area contributed by atoms with Gasteiger partial charge in [0.1, 0.15) is 0 Å². The molecule has 0 heterocycles. The van der Waals surface area contributed by atoms with Gasteiger partial charge in [-0.1, -0.05) is 6.92 Å². The van der Waals surface area contributed by atoms with E-state index in [-0.39, 0.29) is 5.91 Å². The van der Waals surface area contributed by atoms with Crippen molar-refractivity contribution in [1.82, 2.24) is 10.6 Å². The zero-order valence-electron chi connectivity index (χ0n) is 9.55. The summed E-state index contributed by atoms with van der Waals surface area (Å²) in [4.78, 5) is 11.3. The fourth-order valence-electron chi connectivity index (χ4n) is 1.30. The molecule has 15 heavy (non-hydrogen) atoms. The number of amides is 1. The van der Waals surface area contributed by atoms with Crippen LogP contribution in [0, 0.1) is 0 Å². The third-order valence-corrected chi connectivity index (χ3v) is 3.30. The monoisotopic (exact) mass is 230 g/mol. The molecule has 0 radical (unpaired) electrons. The van der Waals surface area contributed by atoms with E-state index < -0.39 is 0 Å². The Morgan fingerprint density at radius 1 is 1.40 bits per heavy atom. The third-order valence-electron chi connectivity index (χ3n) is 2.32. The van der Waals surface area contributed by atoms with E-state index in [2.05, 4.69) is 17.6 Å². The van der Waals surface area contributed by atoms with Crippen molar-refractivity contribution >= 4 is 17.7 Å². The Balaban J connectivity index is 1.77. The molecule has 0 aromatic heterocycles. The zero-order valence-corrected chi connectivity index (χ0v) is 10.4. The van der Waals surface area contributed by atoms with Gasteiger partial charge < -0.3 is 10.6 Å². The summed E-state index contributed by atoms with van der Waals surface area (Å²) in [5.74, 6) is 2.62. The number of carbonyl (C=O) groups is 1. The summed E-state index contributed by atoms with van der Waals surface area (Å²) < 4.78 is 0. The van der Waals surface area contributed by atoms with Gasteiger partial charge in [-0.25, -0.2) is 0 Å². The Bertz CT molecular complexity index is 183. The van der Waals surface area contributed by atoms with Crippen molar-refractivity contribution in [3.8, 4) is 0 Å². The molecule has 0 saturated heterocycles. The highest BCUT2D eigenvalue weighted by Gasteiger charge is 2.22. The van der Waals surface area contributed by atoms with Gasteiger partial charge >= 0.3 is 0 Å². The van der Waals surface area contributed by atoms with Gasteiger partial charge in [-0.3, -0.25) is 4.79 Å². The fraction of sp³-hybridized carbons (Fsp3) is 0.909. The number of hydrogen-bond donors (Lipinski definition) is 2. The lowest BCUT2D eigenvalue weighted by atomic mass is 10.3. The molecule has 1 amide bonds. The Labute approximate surface area is 96.8 Å². The smallest absolute Gasteiger partial charge is 0.221 e. The Hall–Kier alpha value is -0.220. The van der Waals surface area contributed by atoms with Crippen LogP contribution in [0.2, 0.25) is 0 Å². The number of carbonyl (C=O) groups excluding carboxylic acids is 1. The number of hydrogen-bond acceptors (Lipinski definition) is 3. The van der Waals surface area contributed by atoms with Crippen molar-refractivity contribution in [2.45, 2.75) is 38.6 Å². The second kappa shape index (κ2) is 7.99. The quantitative estimate of drug-likeness (QED) is 0.588. The predicted molar refractivity (Wildman–Crippen MR) is 66.3 cm³/mol. The van der Waals surface area contributed by atoms with Crippen LogP contribution in [-0.2, 0) is 4.79 Å². The number of thioether (sulfide) groups is 1. The van der Waals surface area contributed by atoms with Gasteiger partial charge in [0.2, 0.25) is 5.91 Å². The minimum Gasteiger partial charge on any atom is -0.353 e. The largest absolute Gasteiger partial charge is 0.353 e. The first-order valence-corrected chi connectivity index (χ1v) is 7.06. The van der Waals surface area contributed by atoms with E-state index in [9.17, 15) is 4.79 Å². The van der Waals surface area contributed by atoms with Gasteiger partial charge in [-0.15, -0.1) is 0 Å². The maximum Gasteiger partial charge on any atom is 0.221 e. The van der Waals surface area contributed by atoms with Crippen molar-refractivity contribution in [3.05, 3.63) is 0 Å². The van der Waals surface area contributed by atoms with Crippen molar-refractivity contribution in [3.63, 3.8) is 0 Å². The molecule has 1 rings (SSSR count). The van der Waals surface area contributed by atoms with Gasteiger partial charge in [-0.05, 0) is 37.3 Å². The Morgan fingerprint density at radius 2 is 2.20 bits per heavy atom. The maximum absolute atomic E-state index is 11.3. The molecule has 88 valence electrons. The lowest BCUT2D eigenvalue weighted by Crippen LogP contribution is -2.29. The van der Waals surface area contributed by atoms with Crippen LogP contribution >= 0.6 is 11.8 Å². The topological polar surface area (TPSA) is 41.1 Å². The average molecular weight is 230 g/mol. The number of nitrogens with one attached hydrogen (secondary N) is 2. The van der Waals surface area contributed by atoms with Crippen molar-refractivity contribution in [2.75, 3.05) is 24.6 Å². The molecule has 1 saturated carbocycles. The molecule has 0 aromatic rings. The summed E-state index contributed by atoms with van der Waals surface area (Å²) >= 11 is 1.97. The highest BCUT2D eigenvalue weighted by molar-refractivity contribution is 7.99. The minimum absolute atomic E-state index is 0.202. The highest BCUT2D eigenvalue weighted by atomic mass is 32.2. The molecule has 0 spiro atoms.